The summed E-state index contributed by atoms with van der Waals surface area (Å²) in [5.41, 5.74) is 7.91. The Morgan fingerprint density at radius 3 is 2.47 bits per heavy atom. The number of nitrogen functional groups attached to an aromatic ring is 1. The first-order valence-electron chi connectivity index (χ1n) is 11.4. The minimum Gasteiger partial charge on any atom is -0.395 e. The molecule has 1 saturated carbocycles. The maximum atomic E-state index is 15.5. The molecule has 4 N–H and O–H groups in total. The van der Waals surface area contributed by atoms with Gasteiger partial charge in [0.1, 0.15) is 11.6 Å². The molecule has 34 heavy (non-hydrogen) atoms. The van der Waals surface area contributed by atoms with E-state index in [4.69, 9.17) is 10.8 Å². The van der Waals surface area contributed by atoms with E-state index in [-0.39, 0.29) is 29.3 Å². The summed E-state index contributed by atoms with van der Waals surface area (Å²) in [5.74, 6) is -0.275. The van der Waals surface area contributed by atoms with Crippen molar-refractivity contribution in [3.05, 3.63) is 60.2 Å². The summed E-state index contributed by atoms with van der Waals surface area (Å²) in [4.78, 5) is 8.35. The van der Waals surface area contributed by atoms with Gasteiger partial charge >= 0.3 is 0 Å². The van der Waals surface area contributed by atoms with Crippen molar-refractivity contribution in [2.24, 2.45) is 0 Å². The summed E-state index contributed by atoms with van der Waals surface area (Å²) >= 11 is 0. The summed E-state index contributed by atoms with van der Waals surface area (Å²) in [6, 6.07) is 9.77. The zero-order valence-corrected chi connectivity index (χ0v) is 19.9. The Morgan fingerprint density at radius 2 is 1.79 bits per heavy atom. The second-order valence-electron chi connectivity index (χ2n) is 8.94. The number of hydrogen-bond acceptors (Lipinski definition) is 6. The lowest BCUT2D eigenvalue weighted by molar-refractivity contribution is 0.301. The van der Waals surface area contributed by atoms with E-state index in [9.17, 15) is 8.42 Å². The Hall–Kier alpha value is -2.88. The standard InChI is InChI=1S/C25H29FN4O3S/c1-25(9-5-2-6-10-25)20-13-19(22-15-29-24(27)16-28-22)21(26)14-18(20)17-7-3-4-8-23(17)34(32,33)30-11-12-31/h3-4,7-8,13-16,30-31H,2,5-6,9-12H2,1H3,(H2,27,29). The Kier molecular flexibility index (Phi) is 6.97. The molecule has 180 valence electrons. The van der Waals surface area contributed by atoms with Gasteiger partial charge in [-0.3, -0.25) is 4.98 Å². The molecule has 1 aromatic heterocycles. The lowest BCUT2D eigenvalue weighted by Gasteiger charge is -2.36. The minimum absolute atomic E-state index is 0.0449. The van der Waals surface area contributed by atoms with E-state index in [0.29, 0.717) is 22.4 Å². The molecular formula is C25H29FN4O3S. The minimum atomic E-state index is -3.92. The van der Waals surface area contributed by atoms with Gasteiger partial charge in [0.25, 0.3) is 0 Å². The molecule has 1 heterocycles. The lowest BCUT2D eigenvalue weighted by Crippen LogP contribution is -2.28. The number of aromatic nitrogens is 2. The number of benzene rings is 2. The van der Waals surface area contributed by atoms with Crippen LogP contribution in [0.15, 0.2) is 53.7 Å². The number of aliphatic hydroxyl groups excluding tert-OH is 1. The highest BCUT2D eigenvalue weighted by Crippen LogP contribution is 2.46. The molecule has 2 aromatic carbocycles. The van der Waals surface area contributed by atoms with Crippen LogP contribution in [0.4, 0.5) is 10.2 Å². The highest BCUT2D eigenvalue weighted by molar-refractivity contribution is 7.89. The van der Waals surface area contributed by atoms with Gasteiger partial charge in [-0.1, -0.05) is 44.4 Å². The van der Waals surface area contributed by atoms with Gasteiger partial charge in [-0.15, -0.1) is 0 Å². The van der Waals surface area contributed by atoms with Gasteiger partial charge in [0.05, 0.1) is 29.6 Å². The predicted octanol–water partition coefficient (Wildman–Crippen LogP) is 4.02. The molecule has 1 aliphatic rings. The van der Waals surface area contributed by atoms with Crippen LogP contribution in [0.5, 0.6) is 0 Å². The smallest absolute Gasteiger partial charge is 0.241 e. The molecule has 0 radical (unpaired) electrons. The van der Waals surface area contributed by atoms with Crippen LogP contribution in [0, 0.1) is 5.82 Å². The molecule has 1 aliphatic carbocycles. The van der Waals surface area contributed by atoms with E-state index in [1.54, 1.807) is 24.3 Å². The third-order valence-electron chi connectivity index (χ3n) is 6.53. The van der Waals surface area contributed by atoms with E-state index in [2.05, 4.69) is 21.6 Å². The summed E-state index contributed by atoms with van der Waals surface area (Å²) in [6.07, 6.45) is 7.88. The number of halogens is 1. The normalized spacial score (nSPS) is 15.9. The topological polar surface area (TPSA) is 118 Å². The number of anilines is 1. The third-order valence-corrected chi connectivity index (χ3v) is 8.05. The van der Waals surface area contributed by atoms with Gasteiger partial charge in [0, 0.05) is 17.7 Å². The lowest BCUT2D eigenvalue weighted by atomic mass is 9.68. The molecule has 4 rings (SSSR count). The molecule has 0 bridgehead atoms. The molecule has 0 spiro atoms. The number of nitrogens with zero attached hydrogens (tertiary/aromatic N) is 2. The Morgan fingerprint density at radius 1 is 1.06 bits per heavy atom. The van der Waals surface area contributed by atoms with E-state index in [0.717, 1.165) is 37.7 Å². The van der Waals surface area contributed by atoms with Crippen molar-refractivity contribution >= 4 is 15.8 Å². The summed E-state index contributed by atoms with van der Waals surface area (Å²) in [7, 11) is -3.92. The SMILES string of the molecule is CC1(c2cc(-c3cnc(N)cn3)c(F)cc2-c2ccccc2S(=O)(=O)NCCO)CCCCC1. The van der Waals surface area contributed by atoms with Crippen LogP contribution in [-0.2, 0) is 15.4 Å². The zero-order valence-electron chi connectivity index (χ0n) is 19.1. The summed E-state index contributed by atoms with van der Waals surface area (Å²) < 4.78 is 44.0. The number of hydrogen-bond donors (Lipinski definition) is 3. The fraction of sp³-hybridized carbons (Fsp3) is 0.360. The number of nitrogens with two attached hydrogens (primary N) is 1. The van der Waals surface area contributed by atoms with Crippen molar-refractivity contribution in [3.8, 4) is 22.4 Å². The monoisotopic (exact) mass is 484 g/mol. The molecule has 0 aliphatic heterocycles. The van der Waals surface area contributed by atoms with Crippen molar-refractivity contribution in [2.75, 3.05) is 18.9 Å². The van der Waals surface area contributed by atoms with E-state index < -0.39 is 15.8 Å². The number of aliphatic hydroxyl groups is 1. The van der Waals surface area contributed by atoms with Crippen LogP contribution in [0.2, 0.25) is 0 Å². The third kappa shape index (κ3) is 4.82. The maximum absolute atomic E-state index is 15.5. The van der Waals surface area contributed by atoms with Gasteiger partial charge in [-0.05, 0) is 47.6 Å². The number of sulfonamides is 1. The molecular weight excluding hydrogens is 455 g/mol. The summed E-state index contributed by atoms with van der Waals surface area (Å²) in [5, 5.41) is 9.11. The largest absolute Gasteiger partial charge is 0.395 e. The molecule has 9 heteroatoms. The summed E-state index contributed by atoms with van der Waals surface area (Å²) in [6.45, 7) is 1.73. The quantitative estimate of drug-likeness (QED) is 0.466. The fourth-order valence-corrected chi connectivity index (χ4v) is 5.99. The maximum Gasteiger partial charge on any atom is 0.241 e. The van der Waals surface area contributed by atoms with Gasteiger partial charge in [0.15, 0.2) is 0 Å². The zero-order chi connectivity index (χ0) is 24.3. The van der Waals surface area contributed by atoms with Gasteiger partial charge in [0.2, 0.25) is 10.0 Å². The molecule has 0 saturated heterocycles. The Labute approximate surface area is 199 Å². The van der Waals surface area contributed by atoms with E-state index in [1.165, 1.54) is 24.5 Å². The van der Waals surface area contributed by atoms with Crippen LogP contribution in [-0.4, -0.2) is 36.6 Å². The molecule has 1 fully saturated rings. The van der Waals surface area contributed by atoms with E-state index in [1.807, 2.05) is 0 Å². The van der Waals surface area contributed by atoms with E-state index >= 15 is 4.39 Å². The average molecular weight is 485 g/mol. The first kappa shape index (κ1) is 24.3. The molecule has 0 amide bonds. The van der Waals surface area contributed by atoms with Crippen molar-refractivity contribution in [1.82, 2.24) is 14.7 Å². The Bertz CT molecular complexity index is 1270. The number of nitrogens with one attached hydrogen (secondary N) is 1. The van der Waals surface area contributed by atoms with Gasteiger partial charge < -0.3 is 10.8 Å². The average Bonchev–Trinajstić information content (AvgIpc) is 2.83. The Balaban J connectivity index is 1.95. The van der Waals surface area contributed by atoms with Crippen LogP contribution in [0.25, 0.3) is 22.4 Å². The van der Waals surface area contributed by atoms with Crippen LogP contribution >= 0.6 is 0 Å². The second-order valence-corrected chi connectivity index (χ2v) is 10.7. The van der Waals surface area contributed by atoms with Crippen LogP contribution in [0.3, 0.4) is 0 Å². The molecule has 0 unspecified atom stereocenters. The predicted molar refractivity (Wildman–Crippen MR) is 130 cm³/mol. The van der Waals surface area contributed by atoms with Crippen molar-refractivity contribution in [1.29, 1.82) is 0 Å². The highest BCUT2D eigenvalue weighted by Gasteiger charge is 2.33. The number of rotatable bonds is 7. The van der Waals surface area contributed by atoms with Crippen molar-refractivity contribution in [2.45, 2.75) is 49.3 Å². The molecule has 3 aromatic rings. The van der Waals surface area contributed by atoms with Crippen LogP contribution in [0.1, 0.15) is 44.6 Å². The van der Waals surface area contributed by atoms with Crippen molar-refractivity contribution < 1.29 is 17.9 Å². The van der Waals surface area contributed by atoms with Crippen LogP contribution < -0.4 is 10.5 Å². The highest BCUT2D eigenvalue weighted by atomic mass is 32.2. The van der Waals surface area contributed by atoms with Crippen molar-refractivity contribution in [3.63, 3.8) is 0 Å². The molecule has 0 atom stereocenters. The molecule has 7 nitrogen and oxygen atoms in total. The first-order valence-corrected chi connectivity index (χ1v) is 12.9. The van der Waals surface area contributed by atoms with Gasteiger partial charge in [-0.25, -0.2) is 22.5 Å². The second kappa shape index (κ2) is 9.77. The first-order chi connectivity index (χ1) is 16.2. The van der Waals surface area contributed by atoms with Gasteiger partial charge in [-0.2, -0.15) is 0 Å². The fourth-order valence-electron chi connectivity index (χ4n) is 4.75.